The standard InChI is InChI=1S/C23H35N3O2S/c1-22-10-4-13-26(29(3,27)28)15-17(22)5-6-18-19-7-8-21(25-14-12-24-16-25)23(19,2)11-9-20(18)22/h8,12,14,16-20H,4-7,9-11,13,15H2,1-3H3. The minimum absolute atomic E-state index is 0.245. The third kappa shape index (κ3) is 2.96. The van der Waals surface area contributed by atoms with Crippen LogP contribution in [-0.4, -0.2) is 41.6 Å². The highest BCUT2D eigenvalue weighted by atomic mass is 32.2. The molecule has 0 bridgehead atoms. The quantitative estimate of drug-likeness (QED) is 0.723. The van der Waals surface area contributed by atoms with Crippen LogP contribution < -0.4 is 0 Å². The van der Waals surface area contributed by atoms with E-state index in [9.17, 15) is 8.42 Å². The molecule has 5 rings (SSSR count). The van der Waals surface area contributed by atoms with Crippen molar-refractivity contribution < 1.29 is 8.42 Å². The van der Waals surface area contributed by atoms with Gasteiger partial charge in [0, 0.05) is 36.6 Å². The summed E-state index contributed by atoms with van der Waals surface area (Å²) < 4.78 is 28.5. The molecule has 4 aliphatic rings. The number of fused-ring (bicyclic) bond motifs is 5. The van der Waals surface area contributed by atoms with Gasteiger partial charge in [-0.2, -0.15) is 0 Å². The Hall–Kier alpha value is -1.14. The number of allylic oxidation sites excluding steroid dienone is 2. The molecule has 6 heteroatoms. The molecule has 3 aliphatic carbocycles. The summed E-state index contributed by atoms with van der Waals surface area (Å²) in [4.78, 5) is 4.29. The molecule has 1 saturated heterocycles. The van der Waals surface area contributed by atoms with E-state index in [1.165, 1.54) is 50.5 Å². The fourth-order valence-corrected chi connectivity index (χ4v) is 8.76. The summed E-state index contributed by atoms with van der Waals surface area (Å²) in [6.07, 6.45) is 18.1. The van der Waals surface area contributed by atoms with Crippen LogP contribution in [0.2, 0.25) is 0 Å². The van der Waals surface area contributed by atoms with Crippen LogP contribution in [0.15, 0.2) is 24.8 Å². The van der Waals surface area contributed by atoms with Crippen LogP contribution in [0.5, 0.6) is 0 Å². The topological polar surface area (TPSA) is 55.2 Å². The second kappa shape index (κ2) is 6.68. The van der Waals surface area contributed by atoms with Crippen molar-refractivity contribution >= 4 is 15.7 Å². The van der Waals surface area contributed by atoms with Gasteiger partial charge in [-0.1, -0.05) is 19.9 Å². The molecule has 1 aromatic rings. The monoisotopic (exact) mass is 417 g/mol. The van der Waals surface area contributed by atoms with Crippen LogP contribution in [-0.2, 0) is 10.0 Å². The Morgan fingerprint density at radius 1 is 1.14 bits per heavy atom. The molecule has 1 aromatic heterocycles. The van der Waals surface area contributed by atoms with E-state index in [1.807, 2.05) is 12.5 Å². The van der Waals surface area contributed by atoms with Gasteiger partial charge in [0.15, 0.2) is 0 Å². The molecule has 160 valence electrons. The minimum Gasteiger partial charge on any atom is -0.310 e. The van der Waals surface area contributed by atoms with E-state index in [2.05, 4.69) is 35.7 Å². The predicted molar refractivity (Wildman–Crippen MR) is 115 cm³/mol. The second-order valence-electron chi connectivity index (χ2n) is 10.6. The van der Waals surface area contributed by atoms with Gasteiger partial charge in [0.25, 0.3) is 0 Å². The molecule has 2 heterocycles. The molecule has 6 atom stereocenters. The van der Waals surface area contributed by atoms with Crippen LogP contribution in [0.4, 0.5) is 0 Å². The molecule has 3 fully saturated rings. The number of nitrogens with zero attached hydrogens (tertiary/aromatic N) is 3. The Balaban J connectivity index is 1.42. The van der Waals surface area contributed by atoms with E-state index in [4.69, 9.17) is 0 Å². The van der Waals surface area contributed by atoms with Crippen molar-refractivity contribution in [1.82, 2.24) is 13.9 Å². The van der Waals surface area contributed by atoms with Crippen LogP contribution in [0.1, 0.15) is 58.8 Å². The fourth-order valence-electron chi connectivity index (χ4n) is 7.85. The molecule has 0 N–H and O–H groups in total. The Kier molecular flexibility index (Phi) is 4.56. The van der Waals surface area contributed by atoms with Gasteiger partial charge in [-0.25, -0.2) is 17.7 Å². The number of hydrogen-bond acceptors (Lipinski definition) is 3. The number of sulfonamides is 1. The summed E-state index contributed by atoms with van der Waals surface area (Å²) in [6, 6.07) is 0. The first-order chi connectivity index (χ1) is 13.7. The molecule has 2 saturated carbocycles. The first-order valence-electron chi connectivity index (χ1n) is 11.4. The van der Waals surface area contributed by atoms with Gasteiger partial charge in [0.1, 0.15) is 0 Å². The van der Waals surface area contributed by atoms with Crippen molar-refractivity contribution in [1.29, 1.82) is 0 Å². The van der Waals surface area contributed by atoms with Crippen molar-refractivity contribution in [2.24, 2.45) is 34.5 Å². The van der Waals surface area contributed by atoms with Gasteiger partial charge in [0.2, 0.25) is 10.0 Å². The lowest BCUT2D eigenvalue weighted by Gasteiger charge is -2.58. The summed E-state index contributed by atoms with van der Waals surface area (Å²) in [5, 5.41) is 0. The third-order valence-electron chi connectivity index (χ3n) is 9.40. The molecule has 29 heavy (non-hydrogen) atoms. The molecular formula is C23H35N3O2S. The number of rotatable bonds is 2. The zero-order chi connectivity index (χ0) is 20.4. The van der Waals surface area contributed by atoms with Crippen molar-refractivity contribution in [2.75, 3.05) is 19.3 Å². The number of imidazole rings is 1. The van der Waals surface area contributed by atoms with E-state index < -0.39 is 10.0 Å². The van der Waals surface area contributed by atoms with Gasteiger partial charge in [-0.15, -0.1) is 0 Å². The lowest BCUT2D eigenvalue weighted by atomic mass is 9.47. The second-order valence-corrected chi connectivity index (χ2v) is 12.6. The van der Waals surface area contributed by atoms with Crippen molar-refractivity contribution in [2.45, 2.75) is 58.8 Å². The summed E-state index contributed by atoms with van der Waals surface area (Å²) in [6.45, 7) is 6.43. The average molecular weight is 418 g/mol. The van der Waals surface area contributed by atoms with E-state index in [0.717, 1.165) is 24.8 Å². The normalized spacial score (nSPS) is 43.1. The predicted octanol–water partition coefficient (Wildman–Crippen LogP) is 4.25. The molecule has 0 radical (unpaired) electrons. The largest absolute Gasteiger partial charge is 0.310 e. The van der Waals surface area contributed by atoms with Gasteiger partial charge in [0.05, 0.1) is 12.6 Å². The van der Waals surface area contributed by atoms with Crippen molar-refractivity contribution in [3.63, 3.8) is 0 Å². The van der Waals surface area contributed by atoms with Gasteiger partial charge >= 0.3 is 0 Å². The zero-order valence-electron chi connectivity index (χ0n) is 18.0. The van der Waals surface area contributed by atoms with E-state index in [-0.39, 0.29) is 10.8 Å². The van der Waals surface area contributed by atoms with Crippen molar-refractivity contribution in [3.8, 4) is 0 Å². The average Bonchev–Trinajstić information content (AvgIpc) is 3.24. The first kappa shape index (κ1) is 19.8. The van der Waals surface area contributed by atoms with Gasteiger partial charge in [-0.05, 0) is 74.0 Å². The van der Waals surface area contributed by atoms with Crippen LogP contribution >= 0.6 is 0 Å². The summed E-state index contributed by atoms with van der Waals surface area (Å²) in [5.74, 6) is 2.71. The smallest absolute Gasteiger partial charge is 0.211 e. The molecule has 0 aromatic carbocycles. The first-order valence-corrected chi connectivity index (χ1v) is 13.2. The SMILES string of the molecule is CC12CCC3C(CCC4CN(S(C)(=O)=O)CCCC43C)C1CC=C2n1ccnc1. The maximum absolute atomic E-state index is 12.3. The van der Waals surface area contributed by atoms with Gasteiger partial charge < -0.3 is 4.57 Å². The minimum atomic E-state index is -3.10. The maximum Gasteiger partial charge on any atom is 0.211 e. The molecular weight excluding hydrogens is 382 g/mol. The fraction of sp³-hybridized carbons (Fsp3) is 0.783. The van der Waals surface area contributed by atoms with Crippen molar-refractivity contribution in [3.05, 3.63) is 24.8 Å². The summed E-state index contributed by atoms with van der Waals surface area (Å²) >= 11 is 0. The van der Waals surface area contributed by atoms with Crippen LogP contribution in [0.3, 0.4) is 0 Å². The Bertz CT molecular complexity index is 909. The van der Waals surface area contributed by atoms with E-state index in [1.54, 1.807) is 4.31 Å². The lowest BCUT2D eigenvalue weighted by Crippen LogP contribution is -2.52. The highest BCUT2D eigenvalue weighted by Crippen LogP contribution is 2.65. The molecule has 6 unspecified atom stereocenters. The third-order valence-corrected chi connectivity index (χ3v) is 10.7. The van der Waals surface area contributed by atoms with Crippen LogP contribution in [0.25, 0.3) is 5.70 Å². The Morgan fingerprint density at radius 2 is 1.97 bits per heavy atom. The highest BCUT2D eigenvalue weighted by Gasteiger charge is 2.58. The molecule has 0 amide bonds. The Morgan fingerprint density at radius 3 is 2.69 bits per heavy atom. The Labute approximate surface area is 175 Å². The molecule has 1 aliphatic heterocycles. The van der Waals surface area contributed by atoms with Crippen LogP contribution in [0, 0.1) is 34.5 Å². The van der Waals surface area contributed by atoms with E-state index >= 15 is 0 Å². The highest BCUT2D eigenvalue weighted by molar-refractivity contribution is 7.88. The number of aromatic nitrogens is 2. The molecule has 0 spiro atoms. The number of hydrogen-bond donors (Lipinski definition) is 0. The lowest BCUT2D eigenvalue weighted by molar-refractivity contribution is -0.0801. The van der Waals surface area contributed by atoms with Gasteiger partial charge in [-0.3, -0.25) is 0 Å². The molecule has 5 nitrogen and oxygen atoms in total. The summed E-state index contributed by atoms with van der Waals surface area (Å²) in [7, 11) is -3.10. The summed E-state index contributed by atoms with van der Waals surface area (Å²) in [5.41, 5.74) is 1.98. The zero-order valence-corrected chi connectivity index (χ0v) is 18.9. The van der Waals surface area contributed by atoms with E-state index in [0.29, 0.717) is 18.4 Å². The maximum atomic E-state index is 12.3.